The van der Waals surface area contributed by atoms with E-state index in [1.807, 2.05) is 6.07 Å². The van der Waals surface area contributed by atoms with Gasteiger partial charge in [-0.1, -0.05) is 23.2 Å². The number of thiophene rings is 1. The smallest absolute Gasteiger partial charge is 0.0991 e. The van der Waals surface area contributed by atoms with Crippen LogP contribution in [0.5, 0.6) is 0 Å². The predicted octanol–water partition coefficient (Wildman–Crippen LogP) is 3.02. The van der Waals surface area contributed by atoms with E-state index in [1.165, 1.54) is 11.3 Å². The molecule has 0 spiro atoms. The summed E-state index contributed by atoms with van der Waals surface area (Å²) >= 11 is 13.6. The average molecular weight is 265 g/mol. The lowest BCUT2D eigenvalue weighted by Crippen LogP contribution is -2.44. The number of hydrogen-bond donors (Lipinski definition) is 1. The molecule has 2 heterocycles. The summed E-state index contributed by atoms with van der Waals surface area (Å²) in [5, 5.41) is 3.34. The molecular weight excluding hydrogens is 251 g/mol. The Bertz CT molecular complexity index is 334. The third kappa shape index (κ3) is 2.66. The van der Waals surface area contributed by atoms with Gasteiger partial charge in [-0.2, -0.15) is 0 Å². The van der Waals surface area contributed by atoms with Crippen LogP contribution in [0.1, 0.15) is 18.5 Å². The number of rotatable bonds is 2. The molecule has 0 aromatic carbocycles. The molecule has 0 radical (unpaired) electrons. The van der Waals surface area contributed by atoms with Crippen molar-refractivity contribution in [2.75, 3.05) is 26.2 Å². The monoisotopic (exact) mass is 264 g/mol. The predicted molar refractivity (Wildman–Crippen MR) is 67.2 cm³/mol. The Hall–Kier alpha value is 0.200. The summed E-state index contributed by atoms with van der Waals surface area (Å²) in [6.07, 6.45) is 0. The van der Waals surface area contributed by atoms with Crippen molar-refractivity contribution in [2.24, 2.45) is 0 Å². The molecule has 2 rings (SSSR count). The molecule has 1 saturated heterocycles. The molecule has 5 heteroatoms. The normalized spacial score (nSPS) is 20.5. The van der Waals surface area contributed by atoms with E-state index in [9.17, 15) is 0 Å². The fourth-order valence-corrected chi connectivity index (χ4v) is 3.54. The summed E-state index contributed by atoms with van der Waals surface area (Å²) in [5.41, 5.74) is 1.16. The van der Waals surface area contributed by atoms with Crippen LogP contribution in [0.2, 0.25) is 8.67 Å². The minimum Gasteiger partial charge on any atom is -0.314 e. The molecule has 1 aliphatic heterocycles. The minimum atomic E-state index is 0.364. The van der Waals surface area contributed by atoms with E-state index in [1.54, 1.807) is 0 Å². The second-order valence-corrected chi connectivity index (χ2v) is 6.03. The maximum atomic E-state index is 6.15. The van der Waals surface area contributed by atoms with Gasteiger partial charge in [-0.3, -0.25) is 4.90 Å². The van der Waals surface area contributed by atoms with Crippen LogP contribution in [-0.2, 0) is 0 Å². The quantitative estimate of drug-likeness (QED) is 0.884. The molecule has 15 heavy (non-hydrogen) atoms. The molecule has 0 amide bonds. The van der Waals surface area contributed by atoms with Crippen LogP contribution in [0.3, 0.4) is 0 Å². The minimum absolute atomic E-state index is 0.364. The third-order valence-corrected chi connectivity index (χ3v) is 4.35. The summed E-state index contributed by atoms with van der Waals surface area (Å²) in [6.45, 7) is 6.45. The molecule has 1 unspecified atom stereocenters. The van der Waals surface area contributed by atoms with Gasteiger partial charge in [-0.05, 0) is 13.0 Å². The maximum absolute atomic E-state index is 6.15. The molecule has 0 saturated carbocycles. The van der Waals surface area contributed by atoms with E-state index in [0.717, 1.165) is 40.4 Å². The van der Waals surface area contributed by atoms with E-state index in [-0.39, 0.29) is 0 Å². The van der Waals surface area contributed by atoms with Gasteiger partial charge < -0.3 is 5.32 Å². The first-order valence-corrected chi connectivity index (χ1v) is 6.65. The lowest BCUT2D eigenvalue weighted by molar-refractivity contribution is 0.186. The van der Waals surface area contributed by atoms with Crippen LogP contribution in [0.4, 0.5) is 0 Å². The van der Waals surface area contributed by atoms with Crippen molar-refractivity contribution in [3.8, 4) is 0 Å². The molecule has 1 atom stereocenters. The number of piperazine rings is 1. The molecule has 1 aromatic heterocycles. The molecule has 0 aliphatic carbocycles. The maximum Gasteiger partial charge on any atom is 0.0991 e. The van der Waals surface area contributed by atoms with Crippen LogP contribution >= 0.6 is 34.5 Å². The van der Waals surface area contributed by atoms with Crippen molar-refractivity contribution in [3.05, 3.63) is 20.3 Å². The lowest BCUT2D eigenvalue weighted by atomic mass is 10.1. The van der Waals surface area contributed by atoms with Gasteiger partial charge in [-0.25, -0.2) is 0 Å². The first-order valence-electron chi connectivity index (χ1n) is 5.08. The third-order valence-electron chi connectivity index (χ3n) is 2.83. The molecule has 1 aromatic rings. The fourth-order valence-electron chi connectivity index (χ4n) is 1.90. The van der Waals surface area contributed by atoms with Crippen molar-refractivity contribution >= 4 is 34.5 Å². The summed E-state index contributed by atoms with van der Waals surface area (Å²) < 4.78 is 1.60. The molecule has 84 valence electrons. The van der Waals surface area contributed by atoms with E-state index in [4.69, 9.17) is 23.2 Å². The van der Waals surface area contributed by atoms with Crippen molar-refractivity contribution in [1.82, 2.24) is 10.2 Å². The van der Waals surface area contributed by atoms with Gasteiger partial charge in [0.25, 0.3) is 0 Å². The number of nitrogens with one attached hydrogen (secondary N) is 1. The van der Waals surface area contributed by atoms with Crippen molar-refractivity contribution in [3.63, 3.8) is 0 Å². The molecule has 0 bridgehead atoms. The van der Waals surface area contributed by atoms with Gasteiger partial charge in [0.1, 0.15) is 0 Å². The summed E-state index contributed by atoms with van der Waals surface area (Å²) in [7, 11) is 0. The summed E-state index contributed by atoms with van der Waals surface area (Å²) in [5.74, 6) is 0. The highest BCUT2D eigenvalue weighted by Gasteiger charge is 2.21. The zero-order valence-electron chi connectivity index (χ0n) is 8.59. The number of hydrogen-bond acceptors (Lipinski definition) is 3. The second-order valence-electron chi connectivity index (χ2n) is 3.74. The molecule has 2 nitrogen and oxygen atoms in total. The Morgan fingerprint density at radius 3 is 2.60 bits per heavy atom. The van der Waals surface area contributed by atoms with Crippen LogP contribution < -0.4 is 5.32 Å². The highest BCUT2D eigenvalue weighted by molar-refractivity contribution is 7.20. The zero-order chi connectivity index (χ0) is 10.8. The first-order chi connectivity index (χ1) is 7.18. The van der Waals surface area contributed by atoms with Crippen LogP contribution in [0, 0.1) is 0 Å². The van der Waals surface area contributed by atoms with Crippen LogP contribution in [0.15, 0.2) is 6.07 Å². The largest absolute Gasteiger partial charge is 0.314 e. The second kappa shape index (κ2) is 5.02. The van der Waals surface area contributed by atoms with Crippen LogP contribution in [-0.4, -0.2) is 31.1 Å². The van der Waals surface area contributed by atoms with Crippen molar-refractivity contribution in [2.45, 2.75) is 13.0 Å². The fraction of sp³-hybridized carbons (Fsp3) is 0.600. The van der Waals surface area contributed by atoms with Crippen molar-refractivity contribution in [1.29, 1.82) is 0 Å². The van der Waals surface area contributed by atoms with E-state index < -0.39 is 0 Å². The topological polar surface area (TPSA) is 15.3 Å². The van der Waals surface area contributed by atoms with Gasteiger partial charge in [0.05, 0.1) is 8.67 Å². The SMILES string of the molecule is CC(c1cc(Cl)sc1Cl)N1CCNCC1. The average Bonchev–Trinajstić information content (AvgIpc) is 2.58. The van der Waals surface area contributed by atoms with Gasteiger partial charge in [0.2, 0.25) is 0 Å². The van der Waals surface area contributed by atoms with E-state index >= 15 is 0 Å². The Labute approximate surface area is 104 Å². The highest BCUT2D eigenvalue weighted by Crippen LogP contribution is 2.36. The standard InChI is InChI=1S/C10H14Cl2N2S/c1-7(14-4-2-13-3-5-14)8-6-9(11)15-10(8)12/h6-7,13H,2-5H2,1H3. The molecule has 1 fully saturated rings. The van der Waals surface area contributed by atoms with Gasteiger partial charge in [0, 0.05) is 37.8 Å². The highest BCUT2D eigenvalue weighted by atomic mass is 35.5. The van der Waals surface area contributed by atoms with E-state index in [0.29, 0.717) is 6.04 Å². The molecular formula is C10H14Cl2N2S. The number of nitrogens with zero attached hydrogens (tertiary/aromatic N) is 1. The van der Waals surface area contributed by atoms with Gasteiger partial charge in [-0.15, -0.1) is 11.3 Å². The summed E-state index contributed by atoms with van der Waals surface area (Å²) in [6, 6.07) is 2.35. The Balaban J connectivity index is 2.12. The molecule has 1 aliphatic rings. The lowest BCUT2D eigenvalue weighted by Gasteiger charge is -2.32. The first kappa shape index (κ1) is 11.7. The Morgan fingerprint density at radius 2 is 2.07 bits per heavy atom. The number of halogens is 2. The molecule has 1 N–H and O–H groups in total. The van der Waals surface area contributed by atoms with Crippen LogP contribution in [0.25, 0.3) is 0 Å². The van der Waals surface area contributed by atoms with E-state index in [2.05, 4.69) is 17.1 Å². The Kier molecular flexibility index (Phi) is 3.91. The van der Waals surface area contributed by atoms with Gasteiger partial charge >= 0.3 is 0 Å². The zero-order valence-corrected chi connectivity index (χ0v) is 10.9. The van der Waals surface area contributed by atoms with Crippen molar-refractivity contribution < 1.29 is 0 Å². The Morgan fingerprint density at radius 1 is 1.40 bits per heavy atom. The summed E-state index contributed by atoms with van der Waals surface area (Å²) in [4.78, 5) is 2.43. The van der Waals surface area contributed by atoms with Gasteiger partial charge in [0.15, 0.2) is 0 Å².